The lowest BCUT2D eigenvalue weighted by Gasteiger charge is -2.59. The highest BCUT2D eigenvalue weighted by Gasteiger charge is 2.65. The van der Waals surface area contributed by atoms with E-state index in [0.29, 0.717) is 60.9 Å². The van der Waals surface area contributed by atoms with E-state index in [1.165, 1.54) is 0 Å². The molecule has 0 spiro atoms. The zero-order chi connectivity index (χ0) is 40.2. The zero-order valence-corrected chi connectivity index (χ0v) is 33.5. The fraction of sp³-hybridized carbons (Fsp3) is 0.578. The number of ether oxygens (including phenoxy) is 5. The van der Waals surface area contributed by atoms with Crippen molar-refractivity contribution in [3.8, 4) is 17.2 Å². The number of rotatable bonds is 20. The molecule has 310 valence electrons. The monoisotopic (exact) mass is 788 g/mol. The minimum Gasteiger partial charge on any atom is -0.459 e. The van der Waals surface area contributed by atoms with E-state index in [1.807, 2.05) is 31.2 Å². The third-order valence-corrected chi connectivity index (χ3v) is 11.6. The molecule has 12 nitrogen and oxygen atoms in total. The molecular weight excluding hydrogens is 728 g/mol. The standard InChI is InChI=1S/C45H60N2O10/c1-4-21-47(44(51)52-6-3)40-29-38(46-57-41-18-9-12-25-53-41)36-27-32(15-7-10-22-48)35(17-8-11-23-49)42-37-28-34(55-33-16-13-14-31(26-33)30-50)19-20-39(37)56-45(40,43(36)42)54-24-5-2/h5,13-14,16,19-20,26-28,30,32,35,40-43,48-49H,2,4,6-12,15,17-18,21-25,29H2,1,3H3/t32-,35+,40-,41?,42+,43+,45+/m0/s1. The molecule has 2 aromatic carbocycles. The van der Waals surface area contributed by atoms with Gasteiger partial charge in [0.2, 0.25) is 12.1 Å². The summed E-state index contributed by atoms with van der Waals surface area (Å²) in [6.45, 7) is 9.39. The van der Waals surface area contributed by atoms with Crippen molar-refractivity contribution >= 4 is 18.1 Å². The molecule has 2 aromatic rings. The summed E-state index contributed by atoms with van der Waals surface area (Å²) >= 11 is 0. The number of amides is 1. The maximum atomic E-state index is 14.0. The van der Waals surface area contributed by atoms with Crippen molar-refractivity contribution in [2.45, 2.75) is 109 Å². The Morgan fingerprint density at radius 3 is 2.58 bits per heavy atom. The van der Waals surface area contributed by atoms with E-state index in [4.69, 9.17) is 33.7 Å². The van der Waals surface area contributed by atoms with Crippen molar-refractivity contribution in [1.82, 2.24) is 4.90 Å². The number of hydrogen-bond donors (Lipinski definition) is 2. The second-order valence-corrected chi connectivity index (χ2v) is 15.4. The van der Waals surface area contributed by atoms with Crippen LogP contribution >= 0.6 is 0 Å². The lowest BCUT2D eigenvalue weighted by molar-refractivity contribution is -0.255. The van der Waals surface area contributed by atoms with Gasteiger partial charge in [-0.1, -0.05) is 49.2 Å². The molecule has 12 heteroatoms. The molecule has 1 amide bonds. The molecule has 4 aliphatic rings. The Labute approximate surface area is 336 Å². The van der Waals surface area contributed by atoms with Gasteiger partial charge in [0.25, 0.3) is 0 Å². The molecule has 1 unspecified atom stereocenters. The van der Waals surface area contributed by atoms with Gasteiger partial charge in [-0.3, -0.25) is 9.69 Å². The first-order valence-corrected chi connectivity index (χ1v) is 20.9. The van der Waals surface area contributed by atoms with Gasteiger partial charge in [0, 0.05) is 49.6 Å². The molecule has 2 N–H and O–H groups in total. The van der Waals surface area contributed by atoms with Gasteiger partial charge < -0.3 is 38.7 Å². The van der Waals surface area contributed by atoms with E-state index < -0.39 is 30.1 Å². The number of benzene rings is 2. The number of aliphatic hydroxyl groups excluding tert-OH is 2. The van der Waals surface area contributed by atoms with Crippen molar-refractivity contribution in [2.75, 3.05) is 39.6 Å². The third-order valence-electron chi connectivity index (χ3n) is 11.6. The highest BCUT2D eigenvalue weighted by Crippen LogP contribution is 2.62. The molecule has 7 atom stereocenters. The average molecular weight is 789 g/mol. The third kappa shape index (κ3) is 9.57. The Hall–Kier alpha value is -4.23. The van der Waals surface area contributed by atoms with Crippen LogP contribution < -0.4 is 9.47 Å². The summed E-state index contributed by atoms with van der Waals surface area (Å²) in [4.78, 5) is 33.6. The molecule has 0 aromatic heterocycles. The number of aldehydes is 1. The highest BCUT2D eigenvalue weighted by atomic mass is 16.8. The second-order valence-electron chi connectivity index (χ2n) is 15.4. The fourth-order valence-corrected chi connectivity index (χ4v) is 9.24. The summed E-state index contributed by atoms with van der Waals surface area (Å²) in [5, 5.41) is 24.7. The fourth-order valence-electron chi connectivity index (χ4n) is 9.24. The van der Waals surface area contributed by atoms with Crippen LogP contribution in [0.1, 0.15) is 106 Å². The van der Waals surface area contributed by atoms with Crippen LogP contribution in [0.25, 0.3) is 0 Å². The van der Waals surface area contributed by atoms with E-state index >= 15 is 0 Å². The number of nitrogens with zero attached hydrogens (tertiary/aromatic N) is 2. The number of carbonyl (C=O) groups excluding carboxylic acids is 2. The van der Waals surface area contributed by atoms with Crippen molar-refractivity contribution in [3.05, 3.63) is 77.9 Å². The summed E-state index contributed by atoms with van der Waals surface area (Å²) in [5.41, 5.74) is 3.09. The number of hydrogen-bond acceptors (Lipinski definition) is 11. The number of unbranched alkanes of at least 4 members (excludes halogenated alkanes) is 2. The predicted octanol–water partition coefficient (Wildman–Crippen LogP) is 8.32. The largest absolute Gasteiger partial charge is 0.459 e. The highest BCUT2D eigenvalue weighted by molar-refractivity contribution is 6.03. The molecule has 0 radical (unpaired) electrons. The smallest absolute Gasteiger partial charge is 0.410 e. The van der Waals surface area contributed by atoms with Crippen LogP contribution in [0.5, 0.6) is 17.2 Å². The number of carbonyl (C=O) groups is 2. The molecule has 6 rings (SSSR count). The first-order valence-electron chi connectivity index (χ1n) is 20.9. The van der Waals surface area contributed by atoms with E-state index in [-0.39, 0.29) is 50.6 Å². The molecule has 2 fully saturated rings. The second kappa shape index (κ2) is 20.5. The van der Waals surface area contributed by atoms with E-state index in [2.05, 4.69) is 12.7 Å². The van der Waals surface area contributed by atoms with Crippen LogP contribution in [0.3, 0.4) is 0 Å². The molecule has 57 heavy (non-hydrogen) atoms. The molecule has 2 aliphatic heterocycles. The Kier molecular flexibility index (Phi) is 15.2. The zero-order valence-electron chi connectivity index (χ0n) is 33.5. The maximum Gasteiger partial charge on any atom is 0.410 e. The van der Waals surface area contributed by atoms with Gasteiger partial charge in [0.15, 0.2) is 0 Å². The summed E-state index contributed by atoms with van der Waals surface area (Å²) in [5.74, 6) is -0.199. The van der Waals surface area contributed by atoms with Crippen LogP contribution in [0, 0.1) is 17.8 Å². The first kappa shape index (κ1) is 42.4. The Balaban J connectivity index is 1.58. The van der Waals surface area contributed by atoms with Crippen LogP contribution in [-0.2, 0) is 19.0 Å². The minimum atomic E-state index is -1.38. The van der Waals surface area contributed by atoms with Gasteiger partial charge in [0.1, 0.15) is 29.6 Å². The van der Waals surface area contributed by atoms with Gasteiger partial charge in [-0.15, -0.1) is 6.58 Å². The van der Waals surface area contributed by atoms with Gasteiger partial charge in [-0.05, 0) is 99.6 Å². The summed E-state index contributed by atoms with van der Waals surface area (Å²) in [7, 11) is 0. The van der Waals surface area contributed by atoms with E-state index in [1.54, 1.807) is 36.1 Å². The Bertz CT molecular complexity index is 1720. The molecule has 2 heterocycles. The molecule has 1 saturated carbocycles. The van der Waals surface area contributed by atoms with Gasteiger partial charge in [-0.25, -0.2) is 4.79 Å². The van der Waals surface area contributed by atoms with E-state index in [9.17, 15) is 19.8 Å². The van der Waals surface area contributed by atoms with Crippen LogP contribution in [-0.4, -0.2) is 90.9 Å². The Morgan fingerprint density at radius 1 is 1.05 bits per heavy atom. The number of allylic oxidation sites excluding steroid dienone is 1. The molecular formula is C45H60N2O10. The van der Waals surface area contributed by atoms with Crippen LogP contribution in [0.2, 0.25) is 0 Å². The summed E-state index contributed by atoms with van der Waals surface area (Å²) in [6, 6.07) is 12.2. The normalized spacial score (nSPS) is 26.9. The van der Waals surface area contributed by atoms with Crippen molar-refractivity contribution in [1.29, 1.82) is 0 Å². The van der Waals surface area contributed by atoms with Crippen molar-refractivity contribution < 1.29 is 48.3 Å². The minimum absolute atomic E-state index is 0.0526. The molecule has 0 bridgehead atoms. The SMILES string of the molecule is C=CCO[C@@]12Oc3ccc(Oc4cccc(C=O)c4)cc3[C@H]3[C@H](CCCCO)[C@@H](CCCCO)C=C(C(=NOC4CCCCO4)C[C@@H]1N(CCC)C(=O)OCC)[C@H]32. The number of aliphatic hydroxyl groups is 2. The Morgan fingerprint density at radius 2 is 1.86 bits per heavy atom. The van der Waals surface area contributed by atoms with Crippen LogP contribution in [0.4, 0.5) is 4.79 Å². The topological polar surface area (TPSA) is 146 Å². The summed E-state index contributed by atoms with van der Waals surface area (Å²) in [6.07, 6.45) is 12.1. The van der Waals surface area contributed by atoms with Gasteiger partial charge in [0.05, 0.1) is 31.5 Å². The first-order chi connectivity index (χ1) is 27.9. The number of fused-ring (bicyclic) bond motifs is 2. The van der Waals surface area contributed by atoms with Crippen molar-refractivity contribution in [3.63, 3.8) is 0 Å². The van der Waals surface area contributed by atoms with Crippen molar-refractivity contribution in [2.24, 2.45) is 22.9 Å². The molecule has 1 saturated heterocycles. The lowest BCUT2D eigenvalue weighted by Crippen LogP contribution is -2.70. The molecule has 2 aliphatic carbocycles. The van der Waals surface area contributed by atoms with Gasteiger partial charge >= 0.3 is 6.09 Å². The maximum absolute atomic E-state index is 14.0. The summed E-state index contributed by atoms with van der Waals surface area (Å²) < 4.78 is 32.3. The lowest BCUT2D eigenvalue weighted by atomic mass is 9.55. The average Bonchev–Trinajstić information content (AvgIpc) is 3.23. The van der Waals surface area contributed by atoms with Gasteiger partial charge in [-0.2, -0.15) is 0 Å². The van der Waals surface area contributed by atoms with Crippen LogP contribution in [0.15, 0.2) is 71.9 Å². The quantitative estimate of drug-likeness (QED) is 0.0582. The number of oxime groups is 1. The van der Waals surface area contributed by atoms with E-state index in [0.717, 1.165) is 62.4 Å². The predicted molar refractivity (Wildman–Crippen MR) is 216 cm³/mol.